The summed E-state index contributed by atoms with van der Waals surface area (Å²) in [6.45, 7) is 3.70. The Hall–Kier alpha value is -1.06. The predicted molar refractivity (Wildman–Crippen MR) is 62.3 cm³/mol. The molecule has 0 aromatic heterocycles. The molecule has 3 nitrogen and oxygen atoms in total. The minimum atomic E-state index is 0.309. The molecule has 0 bridgehead atoms. The van der Waals surface area contributed by atoms with Crippen LogP contribution in [0.25, 0.3) is 0 Å². The van der Waals surface area contributed by atoms with Crippen molar-refractivity contribution in [3.63, 3.8) is 0 Å². The molecule has 1 atom stereocenters. The van der Waals surface area contributed by atoms with Gasteiger partial charge in [-0.2, -0.15) is 0 Å². The molecule has 1 heterocycles. The fourth-order valence-electron chi connectivity index (χ4n) is 1.83. The lowest BCUT2D eigenvalue weighted by Gasteiger charge is -2.29. The molecular weight excluding hydrogens is 188 g/mol. The number of hydrogen-bond acceptors (Lipinski definition) is 3. The van der Waals surface area contributed by atoms with E-state index in [1.54, 1.807) is 0 Å². The first-order valence-electron chi connectivity index (χ1n) is 5.45. The fraction of sp³-hybridized carbons (Fsp3) is 0.500. The normalized spacial score (nSPS) is 21.3. The molecule has 1 aromatic rings. The Balaban J connectivity index is 1.88. The van der Waals surface area contributed by atoms with Crippen LogP contribution >= 0.6 is 0 Å². The van der Waals surface area contributed by atoms with Gasteiger partial charge < -0.3 is 15.0 Å². The first-order valence-corrected chi connectivity index (χ1v) is 5.45. The second-order valence-corrected chi connectivity index (χ2v) is 3.91. The minimum Gasteiger partial charge on any atom is -0.374 e. The van der Waals surface area contributed by atoms with Crippen LogP contribution in [0.15, 0.2) is 30.3 Å². The fourth-order valence-corrected chi connectivity index (χ4v) is 1.83. The summed E-state index contributed by atoms with van der Waals surface area (Å²) in [6, 6.07) is 10.4. The first-order chi connectivity index (χ1) is 7.36. The number of benzene rings is 1. The van der Waals surface area contributed by atoms with E-state index >= 15 is 0 Å². The lowest BCUT2D eigenvalue weighted by molar-refractivity contribution is 0.0340. The van der Waals surface area contributed by atoms with Crippen LogP contribution in [-0.4, -0.2) is 39.4 Å². The van der Waals surface area contributed by atoms with Gasteiger partial charge in [-0.1, -0.05) is 18.2 Å². The number of rotatable bonds is 3. The van der Waals surface area contributed by atoms with E-state index in [1.807, 2.05) is 6.07 Å². The zero-order valence-corrected chi connectivity index (χ0v) is 9.15. The molecular formula is C12H18N2O. The van der Waals surface area contributed by atoms with E-state index in [0.29, 0.717) is 6.10 Å². The van der Waals surface area contributed by atoms with Crippen molar-refractivity contribution in [3.8, 4) is 0 Å². The van der Waals surface area contributed by atoms with Crippen molar-refractivity contribution in [2.45, 2.75) is 6.10 Å². The Morgan fingerprint density at radius 3 is 2.87 bits per heavy atom. The zero-order chi connectivity index (χ0) is 10.5. The number of nitrogens with zero attached hydrogens (tertiary/aromatic N) is 1. The molecule has 0 saturated carbocycles. The average Bonchev–Trinajstić information content (AvgIpc) is 2.31. The van der Waals surface area contributed by atoms with E-state index in [1.165, 1.54) is 5.69 Å². The molecule has 1 aromatic carbocycles. The molecule has 1 unspecified atom stereocenters. The van der Waals surface area contributed by atoms with Gasteiger partial charge in [0.2, 0.25) is 0 Å². The number of para-hydroxylation sites is 1. The summed E-state index contributed by atoms with van der Waals surface area (Å²) in [4.78, 5) is 2.23. The predicted octanol–water partition coefficient (Wildman–Crippen LogP) is 1.11. The quantitative estimate of drug-likeness (QED) is 0.802. The van der Waals surface area contributed by atoms with Gasteiger partial charge in [-0.3, -0.25) is 0 Å². The Kier molecular flexibility index (Phi) is 3.59. The molecule has 15 heavy (non-hydrogen) atoms. The zero-order valence-electron chi connectivity index (χ0n) is 9.15. The molecule has 0 radical (unpaired) electrons. The third kappa shape index (κ3) is 2.94. The molecule has 2 rings (SSSR count). The number of hydrogen-bond donors (Lipinski definition) is 1. The second-order valence-electron chi connectivity index (χ2n) is 3.91. The van der Waals surface area contributed by atoms with E-state index in [0.717, 1.165) is 26.2 Å². The number of anilines is 1. The SMILES string of the molecule is CN(CC1CNCCO1)c1ccccc1. The smallest absolute Gasteiger partial charge is 0.0874 e. The second kappa shape index (κ2) is 5.14. The Morgan fingerprint density at radius 1 is 1.40 bits per heavy atom. The summed E-state index contributed by atoms with van der Waals surface area (Å²) < 4.78 is 5.67. The van der Waals surface area contributed by atoms with Gasteiger partial charge in [-0.15, -0.1) is 0 Å². The van der Waals surface area contributed by atoms with E-state index in [4.69, 9.17) is 4.74 Å². The molecule has 0 aliphatic carbocycles. The van der Waals surface area contributed by atoms with E-state index in [-0.39, 0.29) is 0 Å². The van der Waals surface area contributed by atoms with Gasteiger partial charge in [-0.05, 0) is 12.1 Å². The van der Waals surface area contributed by atoms with Gasteiger partial charge in [0.25, 0.3) is 0 Å². The summed E-state index contributed by atoms with van der Waals surface area (Å²) in [6.07, 6.45) is 0.309. The van der Waals surface area contributed by atoms with E-state index in [9.17, 15) is 0 Å². The maximum Gasteiger partial charge on any atom is 0.0874 e. The number of ether oxygens (including phenoxy) is 1. The molecule has 0 spiro atoms. The number of likely N-dealkylation sites (N-methyl/N-ethyl adjacent to an activating group) is 1. The van der Waals surface area contributed by atoms with Gasteiger partial charge in [0.05, 0.1) is 12.7 Å². The summed E-state index contributed by atoms with van der Waals surface area (Å²) in [5.41, 5.74) is 1.24. The molecule has 1 aliphatic rings. The molecule has 1 saturated heterocycles. The highest BCUT2D eigenvalue weighted by molar-refractivity contribution is 5.45. The van der Waals surface area contributed by atoms with Crippen LogP contribution in [0.2, 0.25) is 0 Å². The van der Waals surface area contributed by atoms with Crippen molar-refractivity contribution in [2.24, 2.45) is 0 Å². The summed E-state index contributed by atoms with van der Waals surface area (Å²) in [5, 5.41) is 3.34. The number of nitrogens with one attached hydrogen (secondary N) is 1. The van der Waals surface area contributed by atoms with Gasteiger partial charge in [0, 0.05) is 32.4 Å². The molecule has 3 heteroatoms. The number of morpholine rings is 1. The van der Waals surface area contributed by atoms with Crippen molar-refractivity contribution in [2.75, 3.05) is 38.2 Å². The van der Waals surface area contributed by atoms with Crippen LogP contribution in [0.1, 0.15) is 0 Å². The molecule has 0 amide bonds. The maximum absolute atomic E-state index is 5.67. The van der Waals surface area contributed by atoms with E-state index in [2.05, 4.69) is 41.5 Å². The van der Waals surface area contributed by atoms with Crippen LogP contribution in [0.4, 0.5) is 5.69 Å². The highest BCUT2D eigenvalue weighted by atomic mass is 16.5. The minimum absolute atomic E-state index is 0.309. The standard InChI is InChI=1S/C12H18N2O/c1-14(11-5-3-2-4-6-11)10-12-9-13-7-8-15-12/h2-6,12-13H,7-10H2,1H3. The van der Waals surface area contributed by atoms with Crippen molar-refractivity contribution in [1.82, 2.24) is 5.32 Å². The van der Waals surface area contributed by atoms with Crippen LogP contribution in [0, 0.1) is 0 Å². The molecule has 1 fully saturated rings. The van der Waals surface area contributed by atoms with Crippen molar-refractivity contribution < 1.29 is 4.74 Å². The largest absolute Gasteiger partial charge is 0.374 e. The first kappa shape index (κ1) is 10.5. The van der Waals surface area contributed by atoms with Crippen LogP contribution in [0.3, 0.4) is 0 Å². The van der Waals surface area contributed by atoms with Crippen LogP contribution in [-0.2, 0) is 4.74 Å². The van der Waals surface area contributed by atoms with Crippen LogP contribution < -0.4 is 10.2 Å². The molecule has 82 valence electrons. The lowest BCUT2D eigenvalue weighted by atomic mass is 10.2. The monoisotopic (exact) mass is 206 g/mol. The third-order valence-corrected chi connectivity index (χ3v) is 2.68. The average molecular weight is 206 g/mol. The molecule has 1 aliphatic heterocycles. The highest BCUT2D eigenvalue weighted by Gasteiger charge is 2.15. The third-order valence-electron chi connectivity index (χ3n) is 2.68. The molecule has 1 N–H and O–H groups in total. The highest BCUT2D eigenvalue weighted by Crippen LogP contribution is 2.12. The van der Waals surface area contributed by atoms with Gasteiger partial charge in [0.15, 0.2) is 0 Å². The lowest BCUT2D eigenvalue weighted by Crippen LogP contribution is -2.44. The topological polar surface area (TPSA) is 24.5 Å². The van der Waals surface area contributed by atoms with Crippen molar-refractivity contribution in [3.05, 3.63) is 30.3 Å². The summed E-state index contributed by atoms with van der Waals surface area (Å²) >= 11 is 0. The van der Waals surface area contributed by atoms with Crippen molar-refractivity contribution >= 4 is 5.69 Å². The Bertz CT molecular complexity index is 283. The van der Waals surface area contributed by atoms with E-state index < -0.39 is 0 Å². The summed E-state index contributed by atoms with van der Waals surface area (Å²) in [7, 11) is 2.10. The van der Waals surface area contributed by atoms with Crippen LogP contribution in [0.5, 0.6) is 0 Å². The van der Waals surface area contributed by atoms with Gasteiger partial charge >= 0.3 is 0 Å². The summed E-state index contributed by atoms with van der Waals surface area (Å²) in [5.74, 6) is 0. The maximum atomic E-state index is 5.67. The Morgan fingerprint density at radius 2 is 2.20 bits per heavy atom. The van der Waals surface area contributed by atoms with Gasteiger partial charge in [-0.25, -0.2) is 0 Å². The van der Waals surface area contributed by atoms with Gasteiger partial charge in [0.1, 0.15) is 0 Å². The van der Waals surface area contributed by atoms with Crippen molar-refractivity contribution in [1.29, 1.82) is 0 Å². The Labute approximate surface area is 91.0 Å².